The molecular weight excluding hydrogens is 542 g/mol. The average Bonchev–Trinajstić information content (AvgIpc) is 3.33. The summed E-state index contributed by atoms with van der Waals surface area (Å²) in [6.45, 7) is 2.15. The molecule has 1 saturated carbocycles. The smallest absolute Gasteiger partial charge is 0.231 e. The summed E-state index contributed by atoms with van der Waals surface area (Å²) >= 11 is 0. The first kappa shape index (κ1) is 27.1. The summed E-state index contributed by atoms with van der Waals surface area (Å²) < 4.78 is 5.76. The Morgan fingerprint density at radius 3 is 2.35 bits per heavy atom. The maximum Gasteiger partial charge on any atom is 0.231 e. The van der Waals surface area contributed by atoms with Crippen LogP contribution in [0.25, 0.3) is 5.57 Å². The van der Waals surface area contributed by atoms with E-state index in [4.69, 9.17) is 4.74 Å². The zero-order chi connectivity index (χ0) is 29.9. The Kier molecular flexibility index (Phi) is 6.42. The number of carbonyl (C=O) groups is 4. The van der Waals surface area contributed by atoms with Gasteiger partial charge in [0.25, 0.3) is 0 Å². The average molecular weight is 574 g/mol. The molecule has 1 heterocycles. The van der Waals surface area contributed by atoms with Gasteiger partial charge in [-0.1, -0.05) is 78.4 Å². The number of hydrogen-bond donors (Lipinski definition) is 2. The number of rotatable bonds is 5. The number of phenols is 1. The zero-order valence-electron chi connectivity index (χ0n) is 23.7. The number of ketones is 2. The van der Waals surface area contributed by atoms with Gasteiger partial charge in [0.15, 0.2) is 23.1 Å². The van der Waals surface area contributed by atoms with E-state index in [1.54, 1.807) is 18.2 Å². The van der Waals surface area contributed by atoms with Crippen molar-refractivity contribution in [3.63, 3.8) is 0 Å². The van der Waals surface area contributed by atoms with E-state index in [2.05, 4.69) is 5.32 Å². The molecule has 2 N–H and O–H groups in total. The van der Waals surface area contributed by atoms with Gasteiger partial charge in [0.1, 0.15) is 0 Å². The van der Waals surface area contributed by atoms with E-state index < -0.39 is 35.0 Å². The second-order valence-electron chi connectivity index (χ2n) is 11.8. The second kappa shape index (κ2) is 10.2. The molecule has 216 valence electrons. The van der Waals surface area contributed by atoms with E-state index in [9.17, 15) is 24.3 Å². The van der Waals surface area contributed by atoms with Crippen molar-refractivity contribution in [2.45, 2.75) is 31.1 Å². The first-order chi connectivity index (χ1) is 20.9. The Morgan fingerprint density at radius 2 is 1.63 bits per heavy atom. The molecule has 43 heavy (non-hydrogen) atoms. The number of imide groups is 1. The third-order valence-corrected chi connectivity index (χ3v) is 9.83. The number of benzene rings is 3. The summed E-state index contributed by atoms with van der Waals surface area (Å²) in [6, 6.07) is 23.7. The van der Waals surface area contributed by atoms with Gasteiger partial charge in [-0.05, 0) is 60.6 Å². The van der Waals surface area contributed by atoms with Gasteiger partial charge in [0.2, 0.25) is 11.8 Å². The minimum atomic E-state index is -1.31. The predicted octanol–water partition coefficient (Wildman–Crippen LogP) is 4.90. The number of carbonyl (C=O) groups excluding carboxylic acids is 4. The van der Waals surface area contributed by atoms with Gasteiger partial charge in [0, 0.05) is 17.4 Å². The summed E-state index contributed by atoms with van der Waals surface area (Å²) in [5.74, 6) is -3.72. The molecule has 0 spiro atoms. The monoisotopic (exact) mass is 573 g/mol. The number of allylic oxidation sites excluding steroid dienone is 4. The second-order valence-corrected chi connectivity index (χ2v) is 11.8. The maximum atomic E-state index is 14.9. The molecule has 0 radical (unpaired) electrons. The van der Waals surface area contributed by atoms with Crippen LogP contribution in [-0.2, 0) is 24.6 Å². The lowest BCUT2D eigenvalue weighted by Gasteiger charge is -2.55. The highest BCUT2D eigenvalue weighted by Crippen LogP contribution is 2.63. The summed E-state index contributed by atoms with van der Waals surface area (Å²) in [5, 5.41) is 13.1. The van der Waals surface area contributed by atoms with E-state index >= 15 is 0 Å². The van der Waals surface area contributed by atoms with Gasteiger partial charge in [-0.25, -0.2) is 0 Å². The fraction of sp³-hybridized carbons (Fsp3) is 0.278. The van der Waals surface area contributed by atoms with Crippen LogP contribution < -0.4 is 10.1 Å². The molecule has 1 aliphatic heterocycles. The topological polar surface area (TPSA) is 110 Å². The zero-order valence-corrected chi connectivity index (χ0v) is 23.7. The molecule has 0 bridgehead atoms. The highest BCUT2D eigenvalue weighted by atomic mass is 16.5. The number of Topliss-reactive ketones (excluding diaryl/α,β-unsaturated/α-hetero) is 1. The van der Waals surface area contributed by atoms with Gasteiger partial charge >= 0.3 is 0 Å². The highest BCUT2D eigenvalue weighted by molar-refractivity contribution is 6.31. The lowest BCUT2D eigenvalue weighted by atomic mass is 9.44. The highest BCUT2D eigenvalue weighted by Gasteiger charge is 2.65. The van der Waals surface area contributed by atoms with Crippen LogP contribution in [0.15, 0.2) is 96.6 Å². The normalized spacial score (nSPS) is 29.6. The van der Waals surface area contributed by atoms with Crippen LogP contribution in [0.1, 0.15) is 42.4 Å². The summed E-state index contributed by atoms with van der Waals surface area (Å²) in [5.41, 5.74) is 1.99. The first-order valence-corrected chi connectivity index (χ1v) is 14.8. The van der Waals surface area contributed by atoms with Gasteiger partial charge in [-0.15, -0.1) is 0 Å². The molecule has 3 aliphatic carbocycles. The maximum absolute atomic E-state index is 14.9. The van der Waals surface area contributed by atoms with E-state index in [0.717, 1.165) is 5.57 Å². The lowest BCUT2D eigenvalue weighted by molar-refractivity contribution is -0.135. The van der Waals surface area contributed by atoms with Crippen molar-refractivity contribution in [1.82, 2.24) is 5.32 Å². The lowest BCUT2D eigenvalue weighted by Crippen LogP contribution is -2.58. The van der Waals surface area contributed by atoms with Gasteiger partial charge < -0.3 is 9.84 Å². The molecule has 2 fully saturated rings. The molecule has 6 atom stereocenters. The number of aromatic hydroxyl groups is 1. The van der Waals surface area contributed by atoms with Crippen molar-refractivity contribution in [3.05, 3.63) is 113 Å². The van der Waals surface area contributed by atoms with E-state index in [-0.39, 0.29) is 41.3 Å². The Balaban J connectivity index is 1.53. The van der Waals surface area contributed by atoms with Crippen LogP contribution in [0.3, 0.4) is 0 Å². The first-order valence-electron chi connectivity index (χ1n) is 14.8. The number of fused-ring (bicyclic) bond motifs is 4. The largest absolute Gasteiger partial charge is 0.504 e. The van der Waals surface area contributed by atoms with Crippen molar-refractivity contribution in [2.75, 3.05) is 6.61 Å². The van der Waals surface area contributed by atoms with Crippen LogP contribution in [0.4, 0.5) is 0 Å². The molecule has 7 nitrogen and oxygen atoms in total. The van der Waals surface area contributed by atoms with Crippen LogP contribution in [0, 0.1) is 23.7 Å². The number of ether oxygens (including phenoxy) is 1. The number of nitrogens with one attached hydrogen (secondary N) is 1. The fourth-order valence-corrected chi connectivity index (χ4v) is 8.14. The molecule has 7 heteroatoms. The quantitative estimate of drug-likeness (QED) is 0.332. The third-order valence-electron chi connectivity index (χ3n) is 9.83. The van der Waals surface area contributed by atoms with Crippen LogP contribution >= 0.6 is 0 Å². The molecular formula is C36H31NO6. The van der Waals surface area contributed by atoms with Crippen molar-refractivity contribution in [3.8, 4) is 11.5 Å². The Bertz CT molecular complexity index is 1720. The molecule has 1 saturated heterocycles. The van der Waals surface area contributed by atoms with Crippen molar-refractivity contribution in [1.29, 1.82) is 0 Å². The third kappa shape index (κ3) is 3.94. The fourth-order valence-electron chi connectivity index (χ4n) is 8.14. The minimum absolute atomic E-state index is 0.0287. The van der Waals surface area contributed by atoms with Crippen molar-refractivity contribution < 1.29 is 29.0 Å². The van der Waals surface area contributed by atoms with E-state index in [1.165, 1.54) is 6.08 Å². The summed E-state index contributed by atoms with van der Waals surface area (Å²) in [6.07, 6.45) is 4.13. The molecule has 4 aliphatic rings. The molecule has 6 unspecified atom stereocenters. The predicted molar refractivity (Wildman–Crippen MR) is 159 cm³/mol. The van der Waals surface area contributed by atoms with Crippen molar-refractivity contribution in [2.24, 2.45) is 23.7 Å². The molecule has 3 aromatic rings. The summed E-state index contributed by atoms with van der Waals surface area (Å²) in [4.78, 5) is 55.7. The standard InChI is InChI=1S/C36H31NO6/c1-2-43-29-17-21(13-16-28(29)38)32-23-14-15-24-31(35(42)37-34(24)41)26(23)18-27-33(40)25(20-9-5-3-6-10-20)19-30(39)36(27,32)22-11-7-4-8-12-22/h3-14,16-17,19,24,26-27,31-32,38H,2,15,18H2,1H3,(H,37,41,42). The SMILES string of the molecule is CCOc1cc(C2C3=CCC4C(=O)NC(=O)C4C3CC3C(=O)C(c4ccccc4)=CC(=O)C32c2ccccc2)ccc1O. The van der Waals surface area contributed by atoms with Crippen LogP contribution in [0.5, 0.6) is 11.5 Å². The van der Waals surface area contributed by atoms with Gasteiger partial charge in [-0.3, -0.25) is 24.5 Å². The number of hydrogen-bond acceptors (Lipinski definition) is 6. The van der Waals surface area contributed by atoms with Gasteiger partial charge in [-0.2, -0.15) is 0 Å². The van der Waals surface area contributed by atoms with Crippen LogP contribution in [-0.4, -0.2) is 35.1 Å². The van der Waals surface area contributed by atoms with E-state index in [1.807, 2.05) is 73.7 Å². The van der Waals surface area contributed by atoms with Crippen molar-refractivity contribution >= 4 is 29.0 Å². The number of amides is 2. The Hall–Kier alpha value is -4.78. The molecule has 0 aromatic heterocycles. The minimum Gasteiger partial charge on any atom is -0.504 e. The van der Waals surface area contributed by atoms with E-state index in [0.29, 0.717) is 35.3 Å². The molecule has 2 amide bonds. The number of phenolic OH excluding ortho intramolecular Hbond substituents is 1. The van der Waals surface area contributed by atoms with Crippen LogP contribution in [0.2, 0.25) is 0 Å². The van der Waals surface area contributed by atoms with Gasteiger partial charge in [0.05, 0.1) is 23.9 Å². The Labute approximate surface area is 249 Å². The molecule has 3 aromatic carbocycles. The Morgan fingerprint density at radius 1 is 0.907 bits per heavy atom. The summed E-state index contributed by atoms with van der Waals surface area (Å²) in [7, 11) is 0. The molecule has 7 rings (SSSR count).